The minimum atomic E-state index is -1.94. The molecule has 4 aromatic rings. The normalized spacial score (nSPS) is 14.4. The lowest BCUT2D eigenvalue weighted by Gasteiger charge is -2.33. The molecule has 2 amide bonds. The van der Waals surface area contributed by atoms with E-state index in [-0.39, 0.29) is 23.6 Å². The second kappa shape index (κ2) is 10.5. The molecule has 38 heavy (non-hydrogen) atoms. The first-order valence-corrected chi connectivity index (χ1v) is 12.3. The minimum absolute atomic E-state index is 0.176. The van der Waals surface area contributed by atoms with Gasteiger partial charge in [0.25, 0.3) is 5.91 Å². The maximum absolute atomic E-state index is 13.6. The molecule has 192 valence electrons. The third-order valence-corrected chi connectivity index (χ3v) is 6.51. The fraction of sp³-hybridized carbons (Fsp3) is 0.111. The van der Waals surface area contributed by atoms with Crippen LogP contribution in [0.2, 0.25) is 0 Å². The lowest BCUT2D eigenvalue weighted by Crippen LogP contribution is -2.61. The number of aromatic nitrogens is 3. The second-order valence-corrected chi connectivity index (χ2v) is 9.34. The van der Waals surface area contributed by atoms with E-state index in [4.69, 9.17) is 15.2 Å². The van der Waals surface area contributed by atoms with E-state index in [1.165, 1.54) is 35.5 Å². The lowest BCUT2D eigenvalue weighted by molar-refractivity contribution is -0.182. The van der Waals surface area contributed by atoms with Crippen LogP contribution in [0.4, 0.5) is 4.39 Å². The van der Waals surface area contributed by atoms with E-state index in [1.807, 2.05) is 24.3 Å². The molecule has 9 nitrogen and oxygen atoms in total. The molecule has 0 spiro atoms. The Labute approximate surface area is 225 Å². The van der Waals surface area contributed by atoms with Crippen LogP contribution in [0.5, 0.6) is 0 Å². The Morgan fingerprint density at radius 2 is 1.76 bits per heavy atom. The Kier molecular flexibility index (Phi) is 6.93. The van der Waals surface area contributed by atoms with Gasteiger partial charge in [0.15, 0.2) is 5.82 Å². The molecule has 5 rings (SSSR count). The molecule has 3 N–H and O–H groups in total. The van der Waals surface area contributed by atoms with E-state index in [9.17, 15) is 14.0 Å². The fourth-order valence-corrected chi connectivity index (χ4v) is 4.35. The predicted octanol–water partition coefficient (Wildman–Crippen LogP) is 3.88. The van der Waals surface area contributed by atoms with Crippen molar-refractivity contribution in [2.24, 2.45) is 5.73 Å². The molecule has 0 bridgehead atoms. The summed E-state index contributed by atoms with van der Waals surface area (Å²) in [4.78, 5) is 30.5. The van der Waals surface area contributed by atoms with E-state index in [1.54, 1.807) is 36.5 Å². The molecule has 0 aliphatic carbocycles. The van der Waals surface area contributed by atoms with Gasteiger partial charge in [-0.15, -0.1) is 0 Å². The van der Waals surface area contributed by atoms with E-state index in [0.29, 0.717) is 11.3 Å². The Morgan fingerprint density at radius 1 is 1.05 bits per heavy atom. The highest BCUT2D eigenvalue weighted by atomic mass is 79.9. The fourth-order valence-electron chi connectivity index (χ4n) is 4.08. The monoisotopic (exact) mass is 577 g/mol. The highest BCUT2D eigenvalue weighted by Crippen LogP contribution is 2.28. The summed E-state index contributed by atoms with van der Waals surface area (Å²) in [6, 6.07) is 17.2. The summed E-state index contributed by atoms with van der Waals surface area (Å²) in [6.07, 6.45) is 5.77. The number of carbonyl (C=O) groups excluding carboxylic acids is 2. The Hall–Kier alpha value is -4.51. The first kappa shape index (κ1) is 25.2. The molecule has 0 saturated heterocycles. The van der Waals surface area contributed by atoms with Gasteiger partial charge in [-0.3, -0.25) is 9.59 Å². The van der Waals surface area contributed by atoms with Crippen molar-refractivity contribution in [2.75, 3.05) is 0 Å². The van der Waals surface area contributed by atoms with Crippen molar-refractivity contribution in [3.8, 4) is 17.1 Å². The van der Waals surface area contributed by atoms with E-state index < -0.39 is 23.6 Å². The maximum atomic E-state index is 13.6. The van der Waals surface area contributed by atoms with Crippen molar-refractivity contribution in [1.82, 2.24) is 20.1 Å². The van der Waals surface area contributed by atoms with Gasteiger partial charge in [0.1, 0.15) is 24.4 Å². The standard InChI is InChI=1S/C27H21BrFN5O4/c28-19-7-3-17(4-8-19)16-23(27(26(30)36)37-14-15-38-27)32-25(35)21-2-1-12-31-24(21)34-13-11-22(33-34)18-5-9-20(29)10-6-18/h1-15,23H,16H2,(H2,30,36)(H,32,35). The van der Waals surface area contributed by atoms with Crippen LogP contribution >= 0.6 is 15.9 Å². The van der Waals surface area contributed by atoms with Crippen molar-refractivity contribution in [3.63, 3.8) is 0 Å². The summed E-state index contributed by atoms with van der Waals surface area (Å²) >= 11 is 3.40. The third kappa shape index (κ3) is 5.00. The number of pyridine rings is 1. The summed E-state index contributed by atoms with van der Waals surface area (Å²) in [5.74, 6) is -3.48. The molecule has 0 radical (unpaired) electrons. The van der Waals surface area contributed by atoms with Crippen LogP contribution in [0.3, 0.4) is 0 Å². The number of ether oxygens (including phenoxy) is 2. The Balaban J connectivity index is 1.46. The lowest BCUT2D eigenvalue weighted by atomic mass is 9.97. The van der Waals surface area contributed by atoms with Crippen molar-refractivity contribution in [1.29, 1.82) is 0 Å². The molecular formula is C27H21BrFN5O4. The Bertz CT molecular complexity index is 1500. The van der Waals surface area contributed by atoms with Gasteiger partial charge in [-0.2, -0.15) is 5.10 Å². The summed E-state index contributed by atoms with van der Waals surface area (Å²) in [7, 11) is 0. The average molecular weight is 578 g/mol. The number of hydrogen-bond acceptors (Lipinski definition) is 6. The third-order valence-electron chi connectivity index (χ3n) is 5.98. The van der Waals surface area contributed by atoms with E-state index >= 15 is 0 Å². The summed E-state index contributed by atoms with van der Waals surface area (Å²) in [5.41, 5.74) is 7.94. The number of rotatable bonds is 8. The first-order chi connectivity index (χ1) is 18.4. The molecule has 3 heterocycles. The highest BCUT2D eigenvalue weighted by molar-refractivity contribution is 9.10. The first-order valence-electron chi connectivity index (χ1n) is 11.5. The minimum Gasteiger partial charge on any atom is -0.447 e. The SMILES string of the molecule is NC(=O)C1(C(Cc2ccc(Br)cc2)NC(=O)c2cccnc2-n2ccc(-c3ccc(F)cc3)n2)OC=CO1. The van der Waals surface area contributed by atoms with E-state index in [0.717, 1.165) is 10.0 Å². The van der Waals surface area contributed by atoms with Gasteiger partial charge in [0.2, 0.25) is 0 Å². The highest BCUT2D eigenvalue weighted by Gasteiger charge is 2.51. The average Bonchev–Trinajstić information content (AvgIpc) is 3.61. The largest absolute Gasteiger partial charge is 0.447 e. The van der Waals surface area contributed by atoms with Crippen LogP contribution < -0.4 is 11.1 Å². The van der Waals surface area contributed by atoms with Crippen molar-refractivity contribution in [2.45, 2.75) is 18.2 Å². The quantitative estimate of drug-likeness (QED) is 0.328. The number of halogens is 2. The molecule has 2 aromatic carbocycles. The van der Waals surface area contributed by atoms with Crippen LogP contribution in [0.1, 0.15) is 15.9 Å². The van der Waals surface area contributed by atoms with Crippen LogP contribution in [-0.2, 0) is 20.7 Å². The maximum Gasteiger partial charge on any atom is 0.352 e. The second-order valence-electron chi connectivity index (χ2n) is 8.42. The van der Waals surface area contributed by atoms with E-state index in [2.05, 4.69) is 31.3 Å². The molecule has 1 aliphatic heterocycles. The van der Waals surface area contributed by atoms with Crippen molar-refractivity contribution < 1.29 is 23.5 Å². The predicted molar refractivity (Wildman–Crippen MR) is 139 cm³/mol. The van der Waals surface area contributed by atoms with Crippen LogP contribution in [-0.4, -0.2) is 38.4 Å². The van der Waals surface area contributed by atoms with Gasteiger partial charge in [-0.1, -0.05) is 28.1 Å². The smallest absolute Gasteiger partial charge is 0.352 e. The molecule has 11 heteroatoms. The van der Waals surface area contributed by atoms with Crippen LogP contribution in [0, 0.1) is 5.82 Å². The van der Waals surface area contributed by atoms with Gasteiger partial charge in [0.05, 0.1) is 11.3 Å². The summed E-state index contributed by atoms with van der Waals surface area (Å²) < 4.78 is 26.7. The molecule has 0 fully saturated rings. The van der Waals surface area contributed by atoms with Gasteiger partial charge < -0.3 is 20.5 Å². The molecular weight excluding hydrogens is 557 g/mol. The van der Waals surface area contributed by atoms with Crippen molar-refractivity contribution >= 4 is 27.7 Å². The van der Waals surface area contributed by atoms with Gasteiger partial charge in [-0.25, -0.2) is 14.1 Å². The summed E-state index contributed by atoms with van der Waals surface area (Å²) in [5, 5.41) is 7.36. The molecule has 0 saturated carbocycles. The molecule has 2 aromatic heterocycles. The number of carbonyl (C=O) groups is 2. The number of hydrogen-bond donors (Lipinski definition) is 2. The zero-order chi connectivity index (χ0) is 26.7. The Morgan fingerprint density at radius 3 is 2.45 bits per heavy atom. The van der Waals surface area contributed by atoms with Gasteiger partial charge in [-0.05, 0) is 60.2 Å². The van der Waals surface area contributed by atoms with Crippen molar-refractivity contribution in [3.05, 3.63) is 113 Å². The number of nitrogens with zero attached hydrogens (tertiary/aromatic N) is 3. The zero-order valence-corrected chi connectivity index (χ0v) is 21.3. The molecule has 1 unspecified atom stereocenters. The molecule has 1 atom stereocenters. The molecule has 1 aliphatic rings. The van der Waals surface area contributed by atoms with Gasteiger partial charge in [0, 0.05) is 28.9 Å². The van der Waals surface area contributed by atoms with Gasteiger partial charge >= 0.3 is 11.7 Å². The zero-order valence-electron chi connectivity index (χ0n) is 19.8. The number of nitrogens with one attached hydrogen (secondary N) is 1. The summed E-state index contributed by atoms with van der Waals surface area (Å²) in [6.45, 7) is 0. The number of benzene rings is 2. The number of nitrogens with two attached hydrogens (primary N) is 1. The van der Waals surface area contributed by atoms with Crippen LogP contribution in [0.15, 0.2) is 96.1 Å². The number of amides is 2. The topological polar surface area (TPSA) is 121 Å². The number of primary amides is 1. The van der Waals surface area contributed by atoms with Crippen LogP contribution in [0.25, 0.3) is 17.1 Å².